The lowest BCUT2D eigenvalue weighted by molar-refractivity contribution is -0.252. The Morgan fingerprint density at radius 2 is 2.09 bits per heavy atom. The monoisotopic (exact) mass is 310 g/mol. The van der Waals surface area contributed by atoms with Crippen molar-refractivity contribution in [1.82, 2.24) is 0 Å². The lowest BCUT2D eigenvalue weighted by atomic mass is 9.83. The number of ether oxygens (including phenoxy) is 3. The number of unbranched alkanes of at least 4 members (excludes halogenated alkanes) is 2. The number of hydrogen-bond acceptors (Lipinski definition) is 4. The Labute approximate surface area is 133 Å². The van der Waals surface area contributed by atoms with Crippen molar-refractivity contribution in [2.45, 2.75) is 108 Å². The molecule has 3 aliphatic heterocycles. The molecule has 0 aromatic carbocycles. The minimum atomic E-state index is -0.204. The summed E-state index contributed by atoms with van der Waals surface area (Å²) in [6.07, 6.45) is 10.7. The molecular weight excluding hydrogens is 280 g/mol. The standard InChI is InChI=1S/C18H30O4/c1-3-4-5-7-13-8-6-11-18(2)16(20-13)12-15-14(22-18)9-10-17(19)21-15/h13-16H,3-12H2,1-2H3/t13-,14+,15-,16+,18-/m1/s1. The molecule has 0 radical (unpaired) electrons. The van der Waals surface area contributed by atoms with E-state index in [1.54, 1.807) is 0 Å². The highest BCUT2D eigenvalue weighted by atomic mass is 16.6. The average Bonchev–Trinajstić information content (AvgIpc) is 2.63. The quantitative estimate of drug-likeness (QED) is 0.586. The third-order valence-corrected chi connectivity index (χ3v) is 5.56. The van der Waals surface area contributed by atoms with Crippen molar-refractivity contribution in [3.8, 4) is 0 Å². The number of esters is 1. The van der Waals surface area contributed by atoms with Crippen LogP contribution in [0.2, 0.25) is 0 Å². The van der Waals surface area contributed by atoms with Gasteiger partial charge in [0.2, 0.25) is 0 Å². The smallest absolute Gasteiger partial charge is 0.306 e. The van der Waals surface area contributed by atoms with Gasteiger partial charge in [0.25, 0.3) is 0 Å². The summed E-state index contributed by atoms with van der Waals surface area (Å²) in [5, 5.41) is 0. The zero-order valence-electron chi connectivity index (χ0n) is 14.0. The molecule has 3 fully saturated rings. The van der Waals surface area contributed by atoms with Crippen LogP contribution < -0.4 is 0 Å². The van der Waals surface area contributed by atoms with Crippen molar-refractivity contribution in [3.05, 3.63) is 0 Å². The molecule has 5 atom stereocenters. The second-order valence-electron chi connectivity index (χ2n) is 7.41. The second-order valence-corrected chi connectivity index (χ2v) is 7.41. The summed E-state index contributed by atoms with van der Waals surface area (Å²) in [4.78, 5) is 11.5. The van der Waals surface area contributed by atoms with E-state index < -0.39 is 0 Å². The van der Waals surface area contributed by atoms with Crippen LogP contribution in [0.3, 0.4) is 0 Å². The Balaban J connectivity index is 1.64. The molecule has 4 nitrogen and oxygen atoms in total. The van der Waals surface area contributed by atoms with Gasteiger partial charge >= 0.3 is 5.97 Å². The summed E-state index contributed by atoms with van der Waals surface area (Å²) in [5.41, 5.74) is -0.204. The second kappa shape index (κ2) is 6.88. The SMILES string of the molecule is CCCCC[C@@H]1CCC[C@@]2(C)O[C@H]3CCC(=O)O[C@@H]3C[C@@H]2O1. The first kappa shape index (κ1) is 16.3. The van der Waals surface area contributed by atoms with Crippen LogP contribution in [0.5, 0.6) is 0 Å². The van der Waals surface area contributed by atoms with Crippen LogP contribution in [0, 0.1) is 0 Å². The first-order valence-electron chi connectivity index (χ1n) is 9.13. The third-order valence-electron chi connectivity index (χ3n) is 5.56. The molecule has 0 spiro atoms. The van der Waals surface area contributed by atoms with E-state index >= 15 is 0 Å². The van der Waals surface area contributed by atoms with E-state index in [9.17, 15) is 4.79 Å². The highest BCUT2D eigenvalue weighted by molar-refractivity contribution is 5.70. The van der Waals surface area contributed by atoms with Gasteiger partial charge in [-0.15, -0.1) is 0 Å². The van der Waals surface area contributed by atoms with Gasteiger partial charge in [0.15, 0.2) is 0 Å². The van der Waals surface area contributed by atoms with E-state index in [0.29, 0.717) is 12.5 Å². The third kappa shape index (κ3) is 3.48. The highest BCUT2D eigenvalue weighted by Gasteiger charge is 2.50. The van der Waals surface area contributed by atoms with Crippen molar-refractivity contribution in [1.29, 1.82) is 0 Å². The molecule has 0 saturated carbocycles. The molecule has 126 valence electrons. The first-order valence-corrected chi connectivity index (χ1v) is 9.13. The van der Waals surface area contributed by atoms with E-state index in [-0.39, 0.29) is 29.9 Å². The molecule has 22 heavy (non-hydrogen) atoms. The van der Waals surface area contributed by atoms with E-state index in [0.717, 1.165) is 32.1 Å². The zero-order chi connectivity index (χ0) is 15.6. The molecule has 0 aliphatic carbocycles. The van der Waals surface area contributed by atoms with Crippen molar-refractivity contribution >= 4 is 5.97 Å². The zero-order valence-corrected chi connectivity index (χ0v) is 14.0. The fourth-order valence-corrected chi connectivity index (χ4v) is 4.20. The molecule has 3 rings (SSSR count). The summed E-state index contributed by atoms with van der Waals surface area (Å²) in [5.74, 6) is -0.0819. The molecule has 4 heteroatoms. The molecule has 0 aromatic rings. The van der Waals surface area contributed by atoms with Gasteiger partial charge in [-0.2, -0.15) is 0 Å². The fraction of sp³-hybridized carbons (Fsp3) is 0.944. The van der Waals surface area contributed by atoms with Crippen LogP contribution in [0.1, 0.15) is 78.1 Å². The van der Waals surface area contributed by atoms with Crippen LogP contribution in [-0.2, 0) is 19.0 Å². The van der Waals surface area contributed by atoms with Crippen LogP contribution >= 0.6 is 0 Å². The van der Waals surface area contributed by atoms with E-state index in [1.165, 1.54) is 25.7 Å². The molecule has 0 unspecified atom stereocenters. The van der Waals surface area contributed by atoms with Gasteiger partial charge in [-0.1, -0.05) is 26.2 Å². The maximum atomic E-state index is 11.5. The van der Waals surface area contributed by atoms with Crippen LogP contribution in [0.4, 0.5) is 0 Å². The minimum Gasteiger partial charge on any atom is -0.459 e. The largest absolute Gasteiger partial charge is 0.459 e. The van der Waals surface area contributed by atoms with Crippen LogP contribution in [0.15, 0.2) is 0 Å². The van der Waals surface area contributed by atoms with Gasteiger partial charge in [-0.25, -0.2) is 0 Å². The van der Waals surface area contributed by atoms with E-state index in [2.05, 4.69) is 13.8 Å². The van der Waals surface area contributed by atoms with Crippen molar-refractivity contribution in [2.24, 2.45) is 0 Å². The Morgan fingerprint density at radius 3 is 2.91 bits per heavy atom. The Bertz CT molecular complexity index is 397. The predicted molar refractivity (Wildman–Crippen MR) is 83.7 cm³/mol. The Kier molecular flexibility index (Phi) is 5.08. The van der Waals surface area contributed by atoms with Crippen molar-refractivity contribution in [2.75, 3.05) is 0 Å². The van der Waals surface area contributed by atoms with Gasteiger partial charge in [-0.3, -0.25) is 4.79 Å². The first-order chi connectivity index (χ1) is 10.6. The normalized spacial score (nSPS) is 42.0. The molecule has 3 saturated heterocycles. The summed E-state index contributed by atoms with van der Waals surface area (Å²) in [6.45, 7) is 4.43. The molecule has 0 bridgehead atoms. The van der Waals surface area contributed by atoms with Crippen LogP contribution in [0.25, 0.3) is 0 Å². The Hall–Kier alpha value is -0.610. The summed E-state index contributed by atoms with van der Waals surface area (Å²) >= 11 is 0. The van der Waals surface area contributed by atoms with Gasteiger partial charge < -0.3 is 14.2 Å². The number of hydrogen-bond donors (Lipinski definition) is 0. The number of rotatable bonds is 4. The number of carbonyl (C=O) groups excluding carboxylic acids is 1. The van der Waals surface area contributed by atoms with Crippen molar-refractivity contribution in [3.63, 3.8) is 0 Å². The number of fused-ring (bicyclic) bond motifs is 2. The maximum absolute atomic E-state index is 11.5. The number of carbonyl (C=O) groups is 1. The van der Waals surface area contributed by atoms with E-state index in [4.69, 9.17) is 14.2 Å². The molecule has 3 aliphatic rings. The molecule has 0 N–H and O–H groups in total. The van der Waals surface area contributed by atoms with Crippen molar-refractivity contribution < 1.29 is 19.0 Å². The summed E-state index contributed by atoms with van der Waals surface area (Å²) in [7, 11) is 0. The van der Waals surface area contributed by atoms with Gasteiger partial charge in [0.05, 0.1) is 23.9 Å². The van der Waals surface area contributed by atoms with Crippen LogP contribution in [-0.4, -0.2) is 36.0 Å². The Morgan fingerprint density at radius 1 is 1.23 bits per heavy atom. The lowest BCUT2D eigenvalue weighted by Gasteiger charge is -2.48. The highest BCUT2D eigenvalue weighted by Crippen LogP contribution is 2.42. The lowest BCUT2D eigenvalue weighted by Crippen LogP contribution is -2.57. The topological polar surface area (TPSA) is 44.8 Å². The fourth-order valence-electron chi connectivity index (χ4n) is 4.20. The van der Waals surface area contributed by atoms with Gasteiger partial charge in [0.1, 0.15) is 6.10 Å². The minimum absolute atomic E-state index is 0.0637. The summed E-state index contributed by atoms with van der Waals surface area (Å²) < 4.78 is 18.3. The summed E-state index contributed by atoms with van der Waals surface area (Å²) in [6, 6.07) is 0. The van der Waals surface area contributed by atoms with Gasteiger partial charge in [-0.05, 0) is 39.0 Å². The molecule has 3 heterocycles. The molecular formula is C18H30O4. The van der Waals surface area contributed by atoms with Gasteiger partial charge in [0, 0.05) is 12.8 Å². The molecule has 0 aromatic heterocycles. The predicted octanol–water partition coefficient (Wildman–Crippen LogP) is 3.76. The molecule has 0 amide bonds. The average molecular weight is 310 g/mol. The van der Waals surface area contributed by atoms with E-state index in [1.807, 2.05) is 0 Å². The maximum Gasteiger partial charge on any atom is 0.306 e.